The Morgan fingerprint density at radius 1 is 1.32 bits per heavy atom. The number of alkyl halides is 1. The third kappa shape index (κ3) is 7.00. The van der Waals surface area contributed by atoms with Crippen molar-refractivity contribution in [3.05, 3.63) is 47.7 Å². The molecule has 0 aliphatic carbocycles. The number of nitriles is 1. The maximum Gasteiger partial charge on any atom is 0.475 e. The van der Waals surface area contributed by atoms with Gasteiger partial charge >= 0.3 is 13.2 Å². The number of carbonyl (C=O) groups excluding carboxylic acids is 2. The van der Waals surface area contributed by atoms with Gasteiger partial charge in [0.1, 0.15) is 30.0 Å². The van der Waals surface area contributed by atoms with Gasteiger partial charge in [-0.2, -0.15) is 5.26 Å². The van der Waals surface area contributed by atoms with E-state index in [1.165, 1.54) is 11.2 Å². The average molecular weight is 556 g/mol. The zero-order valence-corrected chi connectivity index (χ0v) is 22.6. The molecule has 2 aliphatic rings. The number of furan rings is 1. The van der Waals surface area contributed by atoms with Gasteiger partial charge in [0.15, 0.2) is 0 Å². The van der Waals surface area contributed by atoms with E-state index in [2.05, 4.69) is 10.2 Å². The van der Waals surface area contributed by atoms with Crippen LogP contribution in [-0.2, 0) is 20.7 Å². The van der Waals surface area contributed by atoms with E-state index < -0.39 is 42.8 Å². The summed E-state index contributed by atoms with van der Waals surface area (Å²) < 4.78 is 30.5. The molecule has 214 valence electrons. The van der Waals surface area contributed by atoms with Crippen LogP contribution in [-0.4, -0.2) is 102 Å². The van der Waals surface area contributed by atoms with E-state index in [1.54, 1.807) is 12.1 Å². The Morgan fingerprint density at radius 2 is 2.05 bits per heavy atom. The van der Waals surface area contributed by atoms with Crippen molar-refractivity contribution in [3.8, 4) is 6.07 Å². The number of halogens is 1. The van der Waals surface area contributed by atoms with E-state index in [1.807, 2.05) is 38.1 Å². The maximum atomic E-state index is 14.4. The molecular formula is C27H34BFN4O7. The Kier molecular flexibility index (Phi) is 9.47. The van der Waals surface area contributed by atoms with Gasteiger partial charge in [-0.15, -0.1) is 0 Å². The zero-order chi connectivity index (χ0) is 28.9. The number of benzene rings is 1. The van der Waals surface area contributed by atoms with Crippen molar-refractivity contribution in [2.45, 2.75) is 50.4 Å². The van der Waals surface area contributed by atoms with Gasteiger partial charge in [-0.3, -0.25) is 9.69 Å². The number of para-hydroxylation sites is 1. The normalized spacial score (nSPS) is 21.2. The second-order valence-corrected chi connectivity index (χ2v) is 10.6. The molecule has 0 bridgehead atoms. The maximum absolute atomic E-state index is 14.4. The molecule has 2 saturated heterocycles. The molecule has 2 aromatic rings. The molecule has 2 fully saturated rings. The predicted molar refractivity (Wildman–Crippen MR) is 144 cm³/mol. The monoisotopic (exact) mass is 556 g/mol. The molecule has 0 saturated carbocycles. The van der Waals surface area contributed by atoms with Gasteiger partial charge in [-0.25, -0.2) is 9.18 Å². The van der Waals surface area contributed by atoms with Gasteiger partial charge in [0.05, 0.1) is 38.0 Å². The number of fused-ring (bicyclic) bond motifs is 1. The van der Waals surface area contributed by atoms with Crippen molar-refractivity contribution >= 4 is 30.1 Å². The van der Waals surface area contributed by atoms with E-state index in [-0.39, 0.29) is 31.6 Å². The fourth-order valence-corrected chi connectivity index (χ4v) is 5.17. The minimum absolute atomic E-state index is 0.0552. The molecule has 0 radical (unpaired) electrons. The summed E-state index contributed by atoms with van der Waals surface area (Å²) in [4.78, 5) is 29.2. The van der Waals surface area contributed by atoms with Crippen molar-refractivity contribution < 1.29 is 37.9 Å². The van der Waals surface area contributed by atoms with Gasteiger partial charge in [0, 0.05) is 30.4 Å². The van der Waals surface area contributed by atoms with Crippen molar-refractivity contribution in [1.29, 1.82) is 5.26 Å². The van der Waals surface area contributed by atoms with Crippen LogP contribution in [0.1, 0.15) is 25.8 Å². The molecule has 2 amide bonds. The fourth-order valence-electron chi connectivity index (χ4n) is 5.17. The highest BCUT2D eigenvalue weighted by Crippen LogP contribution is 2.26. The van der Waals surface area contributed by atoms with Crippen LogP contribution in [0.4, 0.5) is 9.18 Å². The summed E-state index contributed by atoms with van der Waals surface area (Å²) in [7, 11) is -1.89. The zero-order valence-electron chi connectivity index (χ0n) is 22.6. The minimum atomic E-state index is -1.89. The summed E-state index contributed by atoms with van der Waals surface area (Å²) in [5.74, 6) is -1.74. The van der Waals surface area contributed by atoms with Gasteiger partial charge in [0.25, 0.3) is 5.91 Å². The summed E-state index contributed by atoms with van der Waals surface area (Å²) in [5.41, 5.74) is 0.566. The first-order valence-electron chi connectivity index (χ1n) is 13.2. The molecule has 2 aliphatic heterocycles. The quantitative estimate of drug-likeness (QED) is 0.238. The van der Waals surface area contributed by atoms with Gasteiger partial charge in [-0.1, -0.05) is 18.2 Å². The fraction of sp³-hybridized carbons (Fsp3) is 0.519. The van der Waals surface area contributed by atoms with Crippen LogP contribution in [0, 0.1) is 11.3 Å². The lowest BCUT2D eigenvalue weighted by atomic mass is 9.76. The molecule has 0 unspecified atom stereocenters. The standard InChI is InChI=1S/C27H34BFN4O7/c1-27(2,32-7-9-38-10-8-32)13-19(14-30)25(34)33-15-20(29)12-21(33)17-40-26(35)31-24(28(36)37)11-18-16-39-23-6-4-3-5-22(18)23/h3-6,13,16,20-21,24,36-37H,7-12,15,17H2,1-2H3,(H,31,35)/t20-,21+,24-/m0/s1. The third-order valence-electron chi connectivity index (χ3n) is 7.37. The Balaban J connectivity index is 1.38. The van der Waals surface area contributed by atoms with Crippen molar-refractivity contribution in [2.24, 2.45) is 0 Å². The number of ether oxygens (including phenoxy) is 2. The first kappa shape index (κ1) is 29.5. The number of likely N-dealkylation sites (tertiary alicyclic amines) is 1. The van der Waals surface area contributed by atoms with E-state index in [9.17, 15) is 29.3 Å². The van der Waals surface area contributed by atoms with Gasteiger partial charge in [-0.05, 0) is 38.0 Å². The molecule has 4 rings (SSSR count). The molecule has 3 atom stereocenters. The molecule has 1 aromatic carbocycles. The first-order chi connectivity index (χ1) is 19.1. The van der Waals surface area contributed by atoms with Crippen LogP contribution >= 0.6 is 0 Å². The number of morpholine rings is 1. The molecule has 3 N–H and O–H groups in total. The molecule has 11 nitrogen and oxygen atoms in total. The second kappa shape index (κ2) is 12.8. The lowest BCUT2D eigenvalue weighted by Crippen LogP contribution is -2.49. The number of alkyl carbamates (subject to hydrolysis) is 1. The molecular weight excluding hydrogens is 522 g/mol. The van der Waals surface area contributed by atoms with Crippen LogP contribution in [0.5, 0.6) is 0 Å². The van der Waals surface area contributed by atoms with E-state index in [0.29, 0.717) is 37.4 Å². The number of nitrogens with one attached hydrogen (secondary N) is 1. The second-order valence-electron chi connectivity index (χ2n) is 10.6. The number of hydrogen-bond donors (Lipinski definition) is 3. The summed E-state index contributed by atoms with van der Waals surface area (Å²) in [6.07, 6.45) is 0.775. The van der Waals surface area contributed by atoms with Crippen LogP contribution in [0.2, 0.25) is 0 Å². The van der Waals surface area contributed by atoms with Crippen LogP contribution in [0.25, 0.3) is 11.0 Å². The highest BCUT2D eigenvalue weighted by atomic mass is 19.1. The number of nitrogens with zero attached hydrogens (tertiary/aromatic N) is 3. The summed E-state index contributed by atoms with van der Waals surface area (Å²) in [5, 5.41) is 32.6. The van der Waals surface area contributed by atoms with Crippen LogP contribution in [0.15, 0.2) is 46.6 Å². The molecule has 40 heavy (non-hydrogen) atoms. The lowest BCUT2D eigenvalue weighted by Gasteiger charge is -2.39. The van der Waals surface area contributed by atoms with Gasteiger partial charge < -0.3 is 34.2 Å². The molecule has 13 heteroatoms. The minimum Gasteiger partial charge on any atom is -0.464 e. The highest BCUT2D eigenvalue weighted by Gasteiger charge is 2.39. The first-order valence-corrected chi connectivity index (χ1v) is 13.2. The Morgan fingerprint density at radius 3 is 2.75 bits per heavy atom. The highest BCUT2D eigenvalue weighted by molar-refractivity contribution is 6.43. The van der Waals surface area contributed by atoms with E-state index in [0.717, 1.165) is 5.39 Å². The topological polar surface area (TPSA) is 148 Å². The Labute approximate surface area is 232 Å². The number of carbonyl (C=O) groups is 2. The molecule has 0 spiro atoms. The summed E-state index contributed by atoms with van der Waals surface area (Å²) >= 11 is 0. The van der Waals surface area contributed by atoms with Crippen molar-refractivity contribution in [1.82, 2.24) is 15.1 Å². The molecule has 3 heterocycles. The SMILES string of the molecule is CC(C)(C=C(C#N)C(=O)N1C[C@@H](F)C[C@@H]1COC(=O)N[C@@H](Cc1coc2ccccc12)B(O)O)N1CCOCC1. The van der Waals surface area contributed by atoms with E-state index >= 15 is 0 Å². The van der Waals surface area contributed by atoms with Crippen molar-refractivity contribution in [2.75, 3.05) is 39.5 Å². The average Bonchev–Trinajstić information content (AvgIpc) is 3.53. The Hall–Kier alpha value is -3.44. The third-order valence-corrected chi connectivity index (χ3v) is 7.37. The number of rotatable bonds is 9. The summed E-state index contributed by atoms with van der Waals surface area (Å²) in [6.45, 7) is 5.65. The predicted octanol–water partition coefficient (Wildman–Crippen LogP) is 1.58. The number of amides is 2. The van der Waals surface area contributed by atoms with Gasteiger partial charge in [0.2, 0.25) is 0 Å². The smallest absolute Gasteiger partial charge is 0.464 e. The van der Waals surface area contributed by atoms with Crippen molar-refractivity contribution in [3.63, 3.8) is 0 Å². The van der Waals surface area contributed by atoms with Crippen LogP contribution in [0.3, 0.4) is 0 Å². The van der Waals surface area contributed by atoms with E-state index in [4.69, 9.17) is 13.9 Å². The lowest BCUT2D eigenvalue weighted by molar-refractivity contribution is -0.128. The number of hydrogen-bond acceptors (Lipinski definition) is 9. The Bertz CT molecular complexity index is 1270. The summed E-state index contributed by atoms with van der Waals surface area (Å²) in [6, 6.07) is 8.38. The van der Waals surface area contributed by atoms with Crippen LogP contribution < -0.4 is 5.32 Å². The largest absolute Gasteiger partial charge is 0.475 e. The molecule has 1 aromatic heterocycles.